The SMILES string of the molecule is CC(C)CCNS(=O)(=O)c1ccc(C(=O)NCCN(C)C)cc1. The predicted octanol–water partition coefficient (Wildman–Crippen LogP) is 1.30. The Morgan fingerprint density at radius 1 is 1.13 bits per heavy atom. The largest absolute Gasteiger partial charge is 0.351 e. The van der Waals surface area contributed by atoms with Gasteiger partial charge in [0.2, 0.25) is 10.0 Å². The molecule has 7 heteroatoms. The molecule has 130 valence electrons. The van der Waals surface area contributed by atoms with E-state index in [0.29, 0.717) is 24.6 Å². The Bertz CT molecular complexity index is 596. The first-order valence-electron chi connectivity index (χ1n) is 7.75. The molecule has 0 aliphatic carbocycles. The third kappa shape index (κ3) is 7.11. The summed E-state index contributed by atoms with van der Waals surface area (Å²) in [6.45, 7) is 5.78. The lowest BCUT2D eigenvalue weighted by atomic mass is 10.1. The molecule has 0 bridgehead atoms. The van der Waals surface area contributed by atoms with Gasteiger partial charge < -0.3 is 10.2 Å². The van der Waals surface area contributed by atoms with Gasteiger partial charge in [-0.2, -0.15) is 0 Å². The van der Waals surface area contributed by atoms with Crippen LogP contribution in [0.1, 0.15) is 30.6 Å². The highest BCUT2D eigenvalue weighted by Gasteiger charge is 2.14. The fraction of sp³-hybridized carbons (Fsp3) is 0.562. The van der Waals surface area contributed by atoms with Crippen LogP contribution < -0.4 is 10.0 Å². The fourth-order valence-electron chi connectivity index (χ4n) is 1.85. The van der Waals surface area contributed by atoms with Gasteiger partial charge in [0.1, 0.15) is 0 Å². The Labute approximate surface area is 139 Å². The van der Waals surface area contributed by atoms with Crippen molar-refractivity contribution >= 4 is 15.9 Å². The maximum absolute atomic E-state index is 12.1. The molecule has 0 heterocycles. The van der Waals surface area contributed by atoms with Crippen LogP contribution in [0.25, 0.3) is 0 Å². The minimum Gasteiger partial charge on any atom is -0.351 e. The van der Waals surface area contributed by atoms with Crippen molar-refractivity contribution in [3.05, 3.63) is 29.8 Å². The summed E-state index contributed by atoms with van der Waals surface area (Å²) < 4.78 is 26.8. The molecule has 0 saturated carbocycles. The van der Waals surface area contributed by atoms with Crippen molar-refractivity contribution in [1.29, 1.82) is 0 Å². The summed E-state index contributed by atoms with van der Waals surface area (Å²) in [5.41, 5.74) is 0.449. The molecule has 0 atom stereocenters. The van der Waals surface area contributed by atoms with Crippen molar-refractivity contribution in [2.24, 2.45) is 5.92 Å². The first kappa shape index (κ1) is 19.6. The van der Waals surface area contributed by atoms with Crippen molar-refractivity contribution in [3.8, 4) is 0 Å². The molecule has 2 N–H and O–H groups in total. The van der Waals surface area contributed by atoms with Gasteiger partial charge in [-0.1, -0.05) is 13.8 Å². The number of carbonyl (C=O) groups is 1. The summed E-state index contributed by atoms with van der Waals surface area (Å²) in [6.07, 6.45) is 0.783. The number of sulfonamides is 1. The maximum atomic E-state index is 12.1. The van der Waals surface area contributed by atoms with Gasteiger partial charge in [0.15, 0.2) is 0 Å². The van der Waals surface area contributed by atoms with E-state index in [2.05, 4.69) is 10.0 Å². The molecule has 1 aromatic rings. The van der Waals surface area contributed by atoms with Crippen LogP contribution in [0.4, 0.5) is 0 Å². The van der Waals surface area contributed by atoms with Crippen LogP contribution in [0.5, 0.6) is 0 Å². The number of likely N-dealkylation sites (N-methyl/N-ethyl adjacent to an activating group) is 1. The summed E-state index contributed by atoms with van der Waals surface area (Å²) in [6, 6.07) is 5.97. The second kappa shape index (κ2) is 9.00. The number of benzene rings is 1. The molecule has 0 aliphatic heterocycles. The molecule has 1 amide bonds. The molecule has 6 nitrogen and oxygen atoms in total. The zero-order chi connectivity index (χ0) is 17.5. The number of hydrogen-bond acceptors (Lipinski definition) is 4. The smallest absolute Gasteiger partial charge is 0.251 e. The average Bonchev–Trinajstić information content (AvgIpc) is 2.46. The van der Waals surface area contributed by atoms with Crippen molar-refractivity contribution in [2.45, 2.75) is 25.2 Å². The van der Waals surface area contributed by atoms with Crippen LogP contribution in [0.15, 0.2) is 29.2 Å². The van der Waals surface area contributed by atoms with E-state index in [1.807, 2.05) is 32.8 Å². The summed E-state index contributed by atoms with van der Waals surface area (Å²) >= 11 is 0. The Morgan fingerprint density at radius 3 is 2.26 bits per heavy atom. The lowest BCUT2D eigenvalue weighted by Crippen LogP contribution is -2.31. The Morgan fingerprint density at radius 2 is 1.74 bits per heavy atom. The van der Waals surface area contributed by atoms with E-state index in [1.54, 1.807) is 0 Å². The zero-order valence-corrected chi connectivity index (χ0v) is 15.1. The van der Waals surface area contributed by atoms with E-state index >= 15 is 0 Å². The van der Waals surface area contributed by atoms with E-state index in [9.17, 15) is 13.2 Å². The van der Waals surface area contributed by atoms with Crippen LogP contribution >= 0.6 is 0 Å². The lowest BCUT2D eigenvalue weighted by molar-refractivity contribution is 0.0951. The van der Waals surface area contributed by atoms with E-state index < -0.39 is 10.0 Å². The standard InChI is InChI=1S/C16H27N3O3S/c1-13(2)9-10-18-23(21,22)15-7-5-14(6-8-15)16(20)17-11-12-19(3)4/h5-8,13,18H,9-12H2,1-4H3,(H,17,20). The van der Waals surface area contributed by atoms with Crippen LogP contribution in [-0.4, -0.2) is 53.0 Å². The van der Waals surface area contributed by atoms with Gasteiger partial charge in [-0.3, -0.25) is 4.79 Å². The number of nitrogens with one attached hydrogen (secondary N) is 2. The van der Waals surface area contributed by atoms with E-state index in [4.69, 9.17) is 0 Å². The van der Waals surface area contributed by atoms with Crippen molar-refractivity contribution < 1.29 is 13.2 Å². The topological polar surface area (TPSA) is 78.5 Å². The Hall–Kier alpha value is -1.44. The molecular formula is C16H27N3O3S. The Balaban J connectivity index is 2.63. The average molecular weight is 341 g/mol. The third-order valence-corrected chi connectivity index (χ3v) is 4.76. The van der Waals surface area contributed by atoms with Gasteiger partial charge in [0.25, 0.3) is 5.91 Å². The van der Waals surface area contributed by atoms with Crippen LogP contribution in [0.3, 0.4) is 0 Å². The Kier molecular flexibility index (Phi) is 7.67. The molecule has 0 unspecified atom stereocenters. The number of hydrogen-bond donors (Lipinski definition) is 2. The van der Waals surface area contributed by atoms with Crippen LogP contribution in [-0.2, 0) is 10.0 Å². The molecule has 1 rings (SSSR count). The molecule has 0 radical (unpaired) electrons. The minimum atomic E-state index is -3.51. The van der Waals surface area contributed by atoms with E-state index in [1.165, 1.54) is 24.3 Å². The van der Waals surface area contributed by atoms with Gasteiger partial charge >= 0.3 is 0 Å². The quantitative estimate of drug-likeness (QED) is 0.710. The number of amides is 1. The van der Waals surface area contributed by atoms with Crippen LogP contribution in [0.2, 0.25) is 0 Å². The van der Waals surface area contributed by atoms with Gasteiger partial charge in [-0.15, -0.1) is 0 Å². The minimum absolute atomic E-state index is 0.172. The highest BCUT2D eigenvalue weighted by atomic mass is 32.2. The highest BCUT2D eigenvalue weighted by molar-refractivity contribution is 7.89. The molecule has 0 fully saturated rings. The first-order valence-corrected chi connectivity index (χ1v) is 9.23. The second-order valence-electron chi connectivity index (χ2n) is 6.16. The van der Waals surface area contributed by atoms with Crippen molar-refractivity contribution in [3.63, 3.8) is 0 Å². The summed E-state index contributed by atoms with van der Waals surface area (Å²) in [5.74, 6) is 0.231. The first-order chi connectivity index (χ1) is 10.7. The number of nitrogens with zero attached hydrogens (tertiary/aromatic N) is 1. The molecule has 1 aromatic carbocycles. The van der Waals surface area contributed by atoms with Gasteiger partial charge in [0, 0.05) is 25.2 Å². The third-order valence-electron chi connectivity index (χ3n) is 3.29. The van der Waals surface area contributed by atoms with E-state index in [0.717, 1.165) is 13.0 Å². The summed E-state index contributed by atoms with van der Waals surface area (Å²) in [7, 11) is 0.342. The van der Waals surface area contributed by atoms with Crippen LogP contribution in [0, 0.1) is 5.92 Å². The van der Waals surface area contributed by atoms with Gasteiger partial charge in [-0.25, -0.2) is 13.1 Å². The highest BCUT2D eigenvalue weighted by Crippen LogP contribution is 2.11. The molecule has 0 aliphatic rings. The monoisotopic (exact) mass is 341 g/mol. The zero-order valence-electron chi connectivity index (χ0n) is 14.3. The molecular weight excluding hydrogens is 314 g/mol. The van der Waals surface area contributed by atoms with E-state index in [-0.39, 0.29) is 10.8 Å². The van der Waals surface area contributed by atoms with Crippen molar-refractivity contribution in [1.82, 2.24) is 14.9 Å². The summed E-state index contributed by atoms with van der Waals surface area (Å²) in [4.78, 5) is 14.1. The molecule has 0 saturated heterocycles. The normalized spacial score (nSPS) is 11.9. The van der Waals surface area contributed by atoms with Gasteiger partial charge in [0.05, 0.1) is 4.90 Å². The number of carbonyl (C=O) groups excluding carboxylic acids is 1. The molecule has 23 heavy (non-hydrogen) atoms. The fourth-order valence-corrected chi connectivity index (χ4v) is 2.89. The molecule has 0 aromatic heterocycles. The number of rotatable bonds is 9. The molecule has 0 spiro atoms. The summed E-state index contributed by atoms with van der Waals surface area (Å²) in [5, 5.41) is 2.79. The van der Waals surface area contributed by atoms with Crippen molar-refractivity contribution in [2.75, 3.05) is 33.7 Å². The lowest BCUT2D eigenvalue weighted by Gasteiger charge is -2.11. The maximum Gasteiger partial charge on any atom is 0.251 e. The predicted molar refractivity (Wildman–Crippen MR) is 92.0 cm³/mol. The second-order valence-corrected chi connectivity index (χ2v) is 7.93. The van der Waals surface area contributed by atoms with Gasteiger partial charge in [-0.05, 0) is 50.7 Å².